The smallest absolute Gasteiger partial charge is 0.141 e. The Labute approximate surface area is 94.3 Å². The molecule has 0 amide bonds. The van der Waals surface area contributed by atoms with Gasteiger partial charge in [-0.15, -0.1) is 5.10 Å². The number of rotatable bonds is 3. The molecular formula is C9H8BrFN4. The van der Waals surface area contributed by atoms with Gasteiger partial charge in [0.1, 0.15) is 5.82 Å². The summed E-state index contributed by atoms with van der Waals surface area (Å²) in [7, 11) is 0. The molecule has 2 rings (SSSR count). The van der Waals surface area contributed by atoms with Crippen molar-refractivity contribution in [2.24, 2.45) is 0 Å². The largest absolute Gasteiger partial charge is 0.261 e. The molecule has 0 unspecified atom stereocenters. The van der Waals surface area contributed by atoms with E-state index >= 15 is 0 Å². The highest BCUT2D eigenvalue weighted by Gasteiger charge is 2.01. The Balaban J connectivity index is 2.14. The fourth-order valence-corrected chi connectivity index (χ4v) is 1.46. The highest BCUT2D eigenvalue weighted by molar-refractivity contribution is 9.08. The molecule has 0 spiro atoms. The van der Waals surface area contributed by atoms with Gasteiger partial charge in [0, 0.05) is 17.7 Å². The number of hydrogen-bond acceptors (Lipinski definition) is 3. The lowest BCUT2D eigenvalue weighted by Gasteiger charge is -1.99. The Morgan fingerprint density at radius 2 is 2.27 bits per heavy atom. The second-order valence-electron chi connectivity index (χ2n) is 3.05. The third kappa shape index (κ3) is 2.59. The van der Waals surface area contributed by atoms with Gasteiger partial charge in [0.25, 0.3) is 0 Å². The van der Waals surface area contributed by atoms with Crippen LogP contribution in [0.3, 0.4) is 0 Å². The molecule has 4 nitrogen and oxygen atoms in total. The molecule has 0 aromatic carbocycles. The van der Waals surface area contributed by atoms with Crippen LogP contribution in [0.15, 0.2) is 24.7 Å². The summed E-state index contributed by atoms with van der Waals surface area (Å²) in [6, 6.07) is 1.43. The maximum absolute atomic E-state index is 12.8. The van der Waals surface area contributed by atoms with Crippen LogP contribution in [0.4, 0.5) is 4.39 Å². The van der Waals surface area contributed by atoms with Crippen LogP contribution in [0.5, 0.6) is 0 Å². The summed E-state index contributed by atoms with van der Waals surface area (Å²) in [6.07, 6.45) is 4.59. The SMILES string of the molecule is Fc1cncc(Cn2cc(CBr)nn2)c1. The van der Waals surface area contributed by atoms with Gasteiger partial charge in [-0.3, -0.25) is 4.98 Å². The number of pyridine rings is 1. The van der Waals surface area contributed by atoms with Gasteiger partial charge in [-0.25, -0.2) is 9.07 Å². The predicted octanol–water partition coefficient (Wildman–Crippen LogP) is 1.76. The van der Waals surface area contributed by atoms with Gasteiger partial charge in [-0.2, -0.15) is 0 Å². The van der Waals surface area contributed by atoms with Crippen molar-refractivity contribution in [2.45, 2.75) is 11.9 Å². The first kappa shape index (κ1) is 10.2. The van der Waals surface area contributed by atoms with Crippen LogP contribution < -0.4 is 0 Å². The molecule has 2 heterocycles. The minimum absolute atomic E-state index is 0.340. The molecule has 15 heavy (non-hydrogen) atoms. The zero-order chi connectivity index (χ0) is 10.7. The maximum Gasteiger partial charge on any atom is 0.141 e. The summed E-state index contributed by atoms with van der Waals surface area (Å²) in [4.78, 5) is 3.76. The quantitative estimate of drug-likeness (QED) is 0.799. The van der Waals surface area contributed by atoms with Crippen LogP contribution in [-0.2, 0) is 11.9 Å². The molecule has 2 aromatic heterocycles. The summed E-state index contributed by atoms with van der Waals surface area (Å²) in [6.45, 7) is 0.477. The van der Waals surface area contributed by atoms with Crippen LogP contribution in [0.2, 0.25) is 0 Å². The molecule has 2 aromatic rings. The number of halogens is 2. The van der Waals surface area contributed by atoms with E-state index in [1.807, 2.05) is 0 Å². The first-order chi connectivity index (χ1) is 7.28. The monoisotopic (exact) mass is 270 g/mol. The van der Waals surface area contributed by atoms with Gasteiger partial charge in [0.2, 0.25) is 0 Å². The lowest BCUT2D eigenvalue weighted by atomic mass is 10.3. The van der Waals surface area contributed by atoms with Crippen molar-refractivity contribution < 1.29 is 4.39 Å². The van der Waals surface area contributed by atoms with Crippen molar-refractivity contribution >= 4 is 15.9 Å². The van der Waals surface area contributed by atoms with Gasteiger partial charge in [0.15, 0.2) is 0 Å². The lowest BCUT2D eigenvalue weighted by Crippen LogP contribution is -2.01. The zero-order valence-corrected chi connectivity index (χ0v) is 9.35. The number of alkyl halides is 1. The molecular weight excluding hydrogens is 263 g/mol. The van der Waals surface area contributed by atoms with Crippen molar-refractivity contribution in [1.82, 2.24) is 20.0 Å². The number of hydrogen-bond donors (Lipinski definition) is 0. The summed E-state index contributed by atoms with van der Waals surface area (Å²) in [5.41, 5.74) is 1.61. The Kier molecular flexibility index (Phi) is 3.05. The lowest BCUT2D eigenvalue weighted by molar-refractivity contribution is 0.607. The Bertz CT molecular complexity index is 457. The summed E-state index contributed by atoms with van der Waals surface area (Å²) in [5.74, 6) is -0.340. The van der Waals surface area contributed by atoms with Crippen molar-refractivity contribution in [3.05, 3.63) is 41.7 Å². The van der Waals surface area contributed by atoms with E-state index in [4.69, 9.17) is 0 Å². The fraction of sp³-hybridized carbons (Fsp3) is 0.222. The predicted molar refractivity (Wildman–Crippen MR) is 56.0 cm³/mol. The molecule has 0 aliphatic heterocycles. The molecule has 0 atom stereocenters. The topological polar surface area (TPSA) is 43.6 Å². The zero-order valence-electron chi connectivity index (χ0n) is 7.77. The second-order valence-corrected chi connectivity index (χ2v) is 3.61. The highest BCUT2D eigenvalue weighted by Crippen LogP contribution is 2.05. The van der Waals surface area contributed by atoms with Gasteiger partial charge >= 0.3 is 0 Å². The van der Waals surface area contributed by atoms with Crippen LogP contribution in [0, 0.1) is 5.82 Å². The van der Waals surface area contributed by atoms with Gasteiger partial charge in [0.05, 0.1) is 18.4 Å². The Hall–Kier alpha value is -1.30. The molecule has 0 N–H and O–H groups in total. The molecule has 78 valence electrons. The second kappa shape index (κ2) is 4.48. The standard InChI is InChI=1S/C9H8BrFN4/c10-2-9-6-15(14-13-9)5-7-1-8(11)4-12-3-7/h1,3-4,6H,2,5H2. The summed E-state index contributed by atoms with van der Waals surface area (Å²) >= 11 is 3.28. The average molecular weight is 271 g/mol. The van der Waals surface area contributed by atoms with E-state index in [9.17, 15) is 4.39 Å². The van der Waals surface area contributed by atoms with Crippen molar-refractivity contribution in [3.8, 4) is 0 Å². The fourth-order valence-electron chi connectivity index (χ4n) is 1.21. The number of aromatic nitrogens is 4. The molecule has 0 saturated heterocycles. The minimum Gasteiger partial charge on any atom is -0.261 e. The average Bonchev–Trinajstić information content (AvgIpc) is 2.65. The van der Waals surface area contributed by atoms with Crippen LogP contribution in [0.1, 0.15) is 11.3 Å². The van der Waals surface area contributed by atoms with E-state index in [1.54, 1.807) is 17.1 Å². The third-order valence-electron chi connectivity index (χ3n) is 1.83. The van der Waals surface area contributed by atoms with Crippen molar-refractivity contribution in [2.75, 3.05) is 0 Å². The van der Waals surface area contributed by atoms with E-state index < -0.39 is 0 Å². The number of nitrogens with zero attached hydrogens (tertiary/aromatic N) is 4. The van der Waals surface area contributed by atoms with E-state index in [0.717, 1.165) is 11.3 Å². The van der Waals surface area contributed by atoms with E-state index in [-0.39, 0.29) is 5.82 Å². The Morgan fingerprint density at radius 3 is 2.93 bits per heavy atom. The van der Waals surface area contributed by atoms with Crippen LogP contribution >= 0.6 is 15.9 Å². The van der Waals surface area contributed by atoms with Crippen molar-refractivity contribution in [1.29, 1.82) is 0 Å². The molecule has 0 saturated carbocycles. The first-order valence-corrected chi connectivity index (χ1v) is 5.44. The summed E-state index contributed by atoms with van der Waals surface area (Å²) < 4.78 is 14.5. The third-order valence-corrected chi connectivity index (χ3v) is 2.40. The van der Waals surface area contributed by atoms with Crippen molar-refractivity contribution in [3.63, 3.8) is 0 Å². The van der Waals surface area contributed by atoms with Crippen LogP contribution in [0.25, 0.3) is 0 Å². The van der Waals surface area contributed by atoms with Gasteiger partial charge < -0.3 is 0 Å². The molecule has 0 aliphatic rings. The normalized spacial score (nSPS) is 10.5. The molecule has 0 bridgehead atoms. The Morgan fingerprint density at radius 1 is 1.40 bits per heavy atom. The van der Waals surface area contributed by atoms with Gasteiger partial charge in [-0.05, 0) is 11.6 Å². The van der Waals surface area contributed by atoms with E-state index in [0.29, 0.717) is 11.9 Å². The minimum atomic E-state index is -0.340. The van der Waals surface area contributed by atoms with E-state index in [1.165, 1.54) is 12.3 Å². The molecule has 0 fully saturated rings. The summed E-state index contributed by atoms with van der Waals surface area (Å²) in [5, 5.41) is 8.46. The molecule has 0 radical (unpaired) electrons. The highest BCUT2D eigenvalue weighted by atomic mass is 79.9. The molecule has 6 heteroatoms. The maximum atomic E-state index is 12.8. The molecule has 0 aliphatic carbocycles. The van der Waals surface area contributed by atoms with E-state index in [2.05, 4.69) is 31.2 Å². The van der Waals surface area contributed by atoms with Crippen LogP contribution in [-0.4, -0.2) is 20.0 Å². The van der Waals surface area contributed by atoms with Gasteiger partial charge in [-0.1, -0.05) is 21.1 Å². The first-order valence-electron chi connectivity index (χ1n) is 4.32.